The van der Waals surface area contributed by atoms with Crippen molar-refractivity contribution in [2.75, 3.05) is 26.2 Å². The van der Waals surface area contributed by atoms with Gasteiger partial charge in [-0.25, -0.2) is 4.79 Å². The molecule has 3 fully saturated rings. The first kappa shape index (κ1) is 20.4. The van der Waals surface area contributed by atoms with Crippen LogP contribution >= 0.6 is 0 Å². The summed E-state index contributed by atoms with van der Waals surface area (Å²) >= 11 is 0. The van der Waals surface area contributed by atoms with E-state index in [1.54, 1.807) is 0 Å². The number of furan rings is 1. The number of amides is 3. The number of imide groups is 1. The first-order chi connectivity index (χ1) is 14.0. The largest absolute Gasteiger partial charge is 0.465 e. The van der Waals surface area contributed by atoms with Crippen LogP contribution in [0.15, 0.2) is 16.5 Å². The van der Waals surface area contributed by atoms with Crippen LogP contribution < -0.4 is 5.32 Å². The minimum Gasteiger partial charge on any atom is -0.465 e. The van der Waals surface area contributed by atoms with Gasteiger partial charge in [0.2, 0.25) is 0 Å². The summed E-state index contributed by atoms with van der Waals surface area (Å²) in [5.41, 5.74) is -0.752. The molecule has 3 saturated heterocycles. The number of nitrogens with zero attached hydrogens (tertiary/aromatic N) is 2. The van der Waals surface area contributed by atoms with E-state index in [0.717, 1.165) is 69.9 Å². The highest BCUT2D eigenvalue weighted by atomic mass is 16.5. The van der Waals surface area contributed by atoms with E-state index in [9.17, 15) is 9.59 Å². The van der Waals surface area contributed by atoms with E-state index >= 15 is 0 Å². The van der Waals surface area contributed by atoms with Gasteiger partial charge in [-0.05, 0) is 70.2 Å². The third-order valence-corrected chi connectivity index (χ3v) is 6.72. The van der Waals surface area contributed by atoms with Gasteiger partial charge in [0, 0.05) is 6.61 Å². The molecule has 0 unspecified atom stereocenters. The number of rotatable bonds is 7. The molecule has 160 valence electrons. The Morgan fingerprint density at radius 1 is 1.21 bits per heavy atom. The van der Waals surface area contributed by atoms with Crippen molar-refractivity contribution in [1.29, 1.82) is 0 Å². The van der Waals surface area contributed by atoms with Gasteiger partial charge in [-0.15, -0.1) is 0 Å². The summed E-state index contributed by atoms with van der Waals surface area (Å²) in [5, 5.41) is 3.12. The smallest absolute Gasteiger partial charge is 0.325 e. The number of hydrogen-bond acceptors (Lipinski definition) is 5. The third kappa shape index (κ3) is 4.08. The molecule has 0 bridgehead atoms. The van der Waals surface area contributed by atoms with Gasteiger partial charge >= 0.3 is 6.03 Å². The molecule has 0 saturated carbocycles. The van der Waals surface area contributed by atoms with Gasteiger partial charge in [0.15, 0.2) is 0 Å². The Kier molecular flexibility index (Phi) is 5.97. The van der Waals surface area contributed by atoms with Crippen molar-refractivity contribution < 1.29 is 18.7 Å². The van der Waals surface area contributed by atoms with Crippen molar-refractivity contribution in [1.82, 2.24) is 15.1 Å². The van der Waals surface area contributed by atoms with Crippen molar-refractivity contribution in [2.45, 2.75) is 70.6 Å². The molecule has 3 amide bonds. The minimum absolute atomic E-state index is 0.0132. The Hall–Kier alpha value is -1.86. The lowest BCUT2D eigenvalue weighted by Gasteiger charge is -2.40. The molecule has 4 rings (SSSR count). The number of piperidine rings is 1. The molecule has 4 heterocycles. The summed E-state index contributed by atoms with van der Waals surface area (Å²) < 4.78 is 11.4. The highest BCUT2D eigenvalue weighted by molar-refractivity contribution is 6.07. The molecule has 7 heteroatoms. The van der Waals surface area contributed by atoms with Crippen LogP contribution in [-0.2, 0) is 16.1 Å². The zero-order chi connectivity index (χ0) is 20.4. The predicted molar refractivity (Wildman–Crippen MR) is 108 cm³/mol. The number of nitrogens with one attached hydrogen (secondary N) is 1. The maximum atomic E-state index is 13.4. The molecule has 0 radical (unpaired) electrons. The van der Waals surface area contributed by atoms with E-state index in [1.807, 2.05) is 19.1 Å². The highest BCUT2D eigenvalue weighted by Gasteiger charge is 2.55. The molecule has 29 heavy (non-hydrogen) atoms. The van der Waals surface area contributed by atoms with E-state index in [1.165, 1.54) is 4.90 Å². The molecule has 1 aromatic heterocycles. The monoisotopic (exact) mass is 403 g/mol. The van der Waals surface area contributed by atoms with Gasteiger partial charge in [-0.3, -0.25) is 14.6 Å². The fourth-order valence-corrected chi connectivity index (χ4v) is 5.22. The van der Waals surface area contributed by atoms with E-state index < -0.39 is 5.54 Å². The lowest BCUT2D eigenvalue weighted by Crippen LogP contribution is -2.56. The van der Waals surface area contributed by atoms with Crippen molar-refractivity contribution in [3.63, 3.8) is 0 Å². The first-order valence-corrected chi connectivity index (χ1v) is 11.0. The van der Waals surface area contributed by atoms with Gasteiger partial charge in [-0.2, -0.15) is 0 Å². The van der Waals surface area contributed by atoms with Crippen molar-refractivity contribution >= 4 is 11.9 Å². The second-order valence-electron chi connectivity index (χ2n) is 8.77. The number of hydrogen-bond donors (Lipinski definition) is 1. The summed E-state index contributed by atoms with van der Waals surface area (Å²) in [7, 11) is 0. The molecular weight excluding hydrogens is 370 g/mol. The van der Waals surface area contributed by atoms with Crippen LogP contribution in [0, 0.1) is 12.8 Å². The number of ether oxygens (including phenoxy) is 1. The van der Waals surface area contributed by atoms with Crippen LogP contribution in [0.5, 0.6) is 0 Å². The van der Waals surface area contributed by atoms with Gasteiger partial charge in [0.25, 0.3) is 5.91 Å². The highest BCUT2D eigenvalue weighted by Crippen LogP contribution is 2.37. The average molecular weight is 404 g/mol. The molecule has 3 aliphatic rings. The molecule has 2 atom stereocenters. The molecule has 1 N–H and O–H groups in total. The Morgan fingerprint density at radius 3 is 2.62 bits per heavy atom. The van der Waals surface area contributed by atoms with E-state index in [4.69, 9.17) is 9.15 Å². The Labute approximate surface area is 172 Å². The van der Waals surface area contributed by atoms with Crippen LogP contribution in [0.25, 0.3) is 0 Å². The maximum absolute atomic E-state index is 13.4. The Bertz CT molecular complexity index is 734. The fraction of sp³-hybridized carbons (Fsp3) is 0.727. The van der Waals surface area contributed by atoms with Crippen LogP contribution in [0.4, 0.5) is 4.79 Å². The zero-order valence-electron chi connectivity index (χ0n) is 17.6. The number of carbonyl (C=O) groups excluding carboxylic acids is 2. The van der Waals surface area contributed by atoms with Crippen LogP contribution in [0.1, 0.15) is 57.0 Å². The number of carbonyl (C=O) groups is 2. The van der Waals surface area contributed by atoms with E-state index in [0.29, 0.717) is 13.0 Å². The first-order valence-electron chi connectivity index (χ1n) is 11.0. The molecular formula is C22H33N3O4. The summed E-state index contributed by atoms with van der Waals surface area (Å²) in [4.78, 5) is 30.0. The standard InChI is InChI=1S/C22H33N3O4/c1-3-10-22(20(26)25(21(27)23-22)15-18-5-4-13-28-18)17-8-11-24(12-9-17)14-19-7-6-16(2)29-19/h6-7,17-18H,3-5,8-15H2,1-2H3,(H,23,27)/t18-,22+/m0/s1. The topological polar surface area (TPSA) is 75.0 Å². The van der Waals surface area contributed by atoms with Gasteiger partial charge in [0.1, 0.15) is 17.1 Å². The second kappa shape index (κ2) is 8.48. The molecule has 7 nitrogen and oxygen atoms in total. The van der Waals surface area contributed by atoms with Crippen molar-refractivity contribution in [2.24, 2.45) is 5.92 Å². The summed E-state index contributed by atoms with van der Waals surface area (Å²) in [6.07, 6.45) is 5.28. The van der Waals surface area contributed by atoms with Gasteiger partial charge in [-0.1, -0.05) is 13.3 Å². The molecule has 1 aromatic rings. The third-order valence-electron chi connectivity index (χ3n) is 6.72. The lowest BCUT2D eigenvalue weighted by molar-refractivity contribution is -0.135. The normalized spacial score (nSPS) is 29.0. The summed E-state index contributed by atoms with van der Waals surface area (Å²) in [5.74, 6) is 2.04. The van der Waals surface area contributed by atoms with E-state index in [2.05, 4.69) is 17.1 Å². The number of urea groups is 1. The van der Waals surface area contributed by atoms with Crippen molar-refractivity contribution in [3.8, 4) is 0 Å². The Balaban J connectivity index is 1.41. The number of aryl methyl sites for hydroxylation is 1. The molecule has 0 aliphatic carbocycles. The van der Waals surface area contributed by atoms with E-state index in [-0.39, 0.29) is 24.0 Å². The average Bonchev–Trinajstić information content (AvgIpc) is 3.41. The zero-order valence-corrected chi connectivity index (χ0v) is 17.6. The maximum Gasteiger partial charge on any atom is 0.325 e. The van der Waals surface area contributed by atoms with Crippen LogP contribution in [0.3, 0.4) is 0 Å². The SMILES string of the molecule is CCC[C@]1(C2CCN(Cc3ccc(C)o3)CC2)NC(=O)N(C[C@@H]2CCCO2)C1=O. The van der Waals surface area contributed by atoms with Crippen molar-refractivity contribution in [3.05, 3.63) is 23.7 Å². The fourth-order valence-electron chi connectivity index (χ4n) is 5.22. The summed E-state index contributed by atoms with van der Waals surface area (Å²) in [6, 6.07) is 3.78. The van der Waals surface area contributed by atoms with Gasteiger partial charge < -0.3 is 14.5 Å². The van der Waals surface area contributed by atoms with Gasteiger partial charge in [0.05, 0.1) is 19.2 Å². The van der Waals surface area contributed by atoms with Crippen LogP contribution in [0.2, 0.25) is 0 Å². The predicted octanol–water partition coefficient (Wildman–Crippen LogP) is 3.07. The summed E-state index contributed by atoms with van der Waals surface area (Å²) in [6.45, 7) is 7.76. The van der Waals surface area contributed by atoms with Crippen LogP contribution in [-0.4, -0.2) is 59.6 Å². The molecule has 0 aromatic carbocycles. The second-order valence-corrected chi connectivity index (χ2v) is 8.77. The number of likely N-dealkylation sites (tertiary alicyclic amines) is 1. The minimum atomic E-state index is -0.752. The molecule has 0 spiro atoms. The Morgan fingerprint density at radius 2 is 2.00 bits per heavy atom. The quantitative estimate of drug-likeness (QED) is 0.708. The lowest BCUT2D eigenvalue weighted by atomic mass is 9.74. The molecule has 3 aliphatic heterocycles.